The van der Waals surface area contributed by atoms with Crippen LogP contribution in [0.1, 0.15) is 30.1 Å². The van der Waals surface area contributed by atoms with Gasteiger partial charge < -0.3 is 20.5 Å². The van der Waals surface area contributed by atoms with Gasteiger partial charge in [-0.1, -0.05) is 6.92 Å². The molecule has 0 aliphatic heterocycles. The van der Waals surface area contributed by atoms with Crippen LogP contribution in [0.3, 0.4) is 0 Å². The summed E-state index contributed by atoms with van der Waals surface area (Å²) in [6.45, 7) is 3.73. The van der Waals surface area contributed by atoms with Crippen molar-refractivity contribution in [1.29, 1.82) is 0 Å². The maximum atomic E-state index is 12.0. The SMILES string of the molecule is CCCOc1c(Br)cc(C(=O)NCCCN)cc1OC. The average Bonchev–Trinajstić information content (AvgIpc) is 2.45. The van der Waals surface area contributed by atoms with Crippen LogP contribution in [0.15, 0.2) is 16.6 Å². The molecule has 1 aromatic rings. The van der Waals surface area contributed by atoms with E-state index in [1.54, 1.807) is 19.2 Å². The summed E-state index contributed by atoms with van der Waals surface area (Å²) in [5, 5.41) is 2.80. The highest BCUT2D eigenvalue weighted by Gasteiger charge is 2.15. The number of rotatable bonds is 8. The van der Waals surface area contributed by atoms with E-state index in [1.165, 1.54) is 0 Å². The number of halogens is 1. The molecule has 3 N–H and O–H groups in total. The van der Waals surface area contributed by atoms with Gasteiger partial charge in [0, 0.05) is 12.1 Å². The predicted molar refractivity (Wildman–Crippen MR) is 82.5 cm³/mol. The van der Waals surface area contributed by atoms with Gasteiger partial charge in [-0.25, -0.2) is 0 Å². The average molecular weight is 345 g/mol. The highest BCUT2D eigenvalue weighted by molar-refractivity contribution is 9.10. The van der Waals surface area contributed by atoms with Crippen LogP contribution in [-0.2, 0) is 0 Å². The monoisotopic (exact) mass is 344 g/mol. The van der Waals surface area contributed by atoms with Gasteiger partial charge in [0.25, 0.3) is 5.91 Å². The van der Waals surface area contributed by atoms with E-state index in [0.717, 1.165) is 12.8 Å². The van der Waals surface area contributed by atoms with Crippen molar-refractivity contribution < 1.29 is 14.3 Å². The number of methoxy groups -OCH3 is 1. The van der Waals surface area contributed by atoms with Crippen LogP contribution in [0, 0.1) is 0 Å². The predicted octanol–water partition coefficient (Wildman–Crippen LogP) is 2.33. The maximum Gasteiger partial charge on any atom is 0.251 e. The molecule has 0 heterocycles. The molecule has 1 aromatic carbocycles. The molecular formula is C14H21BrN2O3. The Balaban J connectivity index is 2.89. The Morgan fingerprint density at radius 1 is 1.45 bits per heavy atom. The highest BCUT2D eigenvalue weighted by Crippen LogP contribution is 2.36. The second-order valence-corrected chi connectivity index (χ2v) is 5.09. The van der Waals surface area contributed by atoms with E-state index in [4.69, 9.17) is 15.2 Å². The summed E-state index contributed by atoms with van der Waals surface area (Å²) in [6, 6.07) is 3.40. The van der Waals surface area contributed by atoms with Crippen LogP contribution in [0.25, 0.3) is 0 Å². The number of carbonyl (C=O) groups is 1. The summed E-state index contributed by atoms with van der Waals surface area (Å²) < 4.78 is 11.6. The van der Waals surface area contributed by atoms with Crippen LogP contribution in [-0.4, -0.2) is 32.7 Å². The molecule has 0 spiro atoms. The highest BCUT2D eigenvalue weighted by atomic mass is 79.9. The van der Waals surface area contributed by atoms with Crippen molar-refractivity contribution in [1.82, 2.24) is 5.32 Å². The minimum absolute atomic E-state index is 0.153. The first-order valence-electron chi connectivity index (χ1n) is 6.62. The number of benzene rings is 1. The summed E-state index contributed by atoms with van der Waals surface area (Å²) in [4.78, 5) is 12.0. The van der Waals surface area contributed by atoms with E-state index in [0.29, 0.717) is 41.2 Å². The van der Waals surface area contributed by atoms with E-state index in [2.05, 4.69) is 21.2 Å². The second-order valence-electron chi connectivity index (χ2n) is 4.24. The Morgan fingerprint density at radius 2 is 2.20 bits per heavy atom. The Labute approximate surface area is 127 Å². The molecule has 6 heteroatoms. The largest absolute Gasteiger partial charge is 0.493 e. The first-order valence-corrected chi connectivity index (χ1v) is 7.41. The fourth-order valence-corrected chi connectivity index (χ4v) is 2.16. The molecule has 0 aliphatic carbocycles. The quantitative estimate of drug-likeness (QED) is 0.709. The van der Waals surface area contributed by atoms with E-state index in [9.17, 15) is 4.79 Å². The third kappa shape index (κ3) is 4.68. The van der Waals surface area contributed by atoms with Crippen molar-refractivity contribution in [2.75, 3.05) is 26.8 Å². The zero-order chi connectivity index (χ0) is 15.0. The third-order valence-electron chi connectivity index (χ3n) is 2.61. The number of ether oxygens (including phenoxy) is 2. The molecule has 112 valence electrons. The van der Waals surface area contributed by atoms with Crippen LogP contribution in [0.2, 0.25) is 0 Å². The molecule has 0 aliphatic rings. The molecule has 0 unspecified atom stereocenters. The summed E-state index contributed by atoms with van der Waals surface area (Å²) in [6.07, 6.45) is 1.65. The fourth-order valence-electron chi connectivity index (χ4n) is 1.60. The van der Waals surface area contributed by atoms with Crippen molar-refractivity contribution in [2.24, 2.45) is 5.73 Å². The Bertz CT molecular complexity index is 452. The van der Waals surface area contributed by atoms with Crippen LogP contribution in [0.4, 0.5) is 0 Å². The summed E-state index contributed by atoms with van der Waals surface area (Å²) >= 11 is 3.41. The molecule has 1 rings (SSSR count). The molecule has 0 saturated carbocycles. The Kier molecular flexibility index (Phi) is 7.40. The van der Waals surface area contributed by atoms with Crippen LogP contribution in [0.5, 0.6) is 11.5 Å². The van der Waals surface area contributed by atoms with Gasteiger partial charge >= 0.3 is 0 Å². The van der Waals surface area contributed by atoms with Gasteiger partial charge in [0.1, 0.15) is 0 Å². The van der Waals surface area contributed by atoms with Gasteiger partial charge in [0.05, 0.1) is 18.2 Å². The first kappa shape index (κ1) is 16.8. The lowest BCUT2D eigenvalue weighted by atomic mass is 10.2. The Hall–Kier alpha value is -1.27. The molecule has 0 saturated heterocycles. The number of nitrogens with two attached hydrogens (primary N) is 1. The normalized spacial score (nSPS) is 10.2. The van der Waals surface area contributed by atoms with Crippen molar-refractivity contribution in [3.63, 3.8) is 0 Å². The number of hydrogen-bond donors (Lipinski definition) is 2. The van der Waals surface area contributed by atoms with Gasteiger partial charge in [-0.15, -0.1) is 0 Å². The topological polar surface area (TPSA) is 73.6 Å². The molecular weight excluding hydrogens is 324 g/mol. The molecule has 1 amide bonds. The molecule has 0 radical (unpaired) electrons. The standard InChI is InChI=1S/C14H21BrN2O3/c1-3-7-20-13-11(15)8-10(9-12(13)19-2)14(18)17-6-4-5-16/h8-9H,3-7,16H2,1-2H3,(H,17,18). The van der Waals surface area contributed by atoms with Crippen LogP contribution < -0.4 is 20.5 Å². The van der Waals surface area contributed by atoms with Crippen molar-refractivity contribution in [3.8, 4) is 11.5 Å². The van der Waals surface area contributed by atoms with E-state index < -0.39 is 0 Å². The lowest BCUT2D eigenvalue weighted by Crippen LogP contribution is -2.26. The zero-order valence-corrected chi connectivity index (χ0v) is 13.5. The number of hydrogen-bond acceptors (Lipinski definition) is 4. The van der Waals surface area contributed by atoms with Crippen LogP contribution >= 0.6 is 15.9 Å². The molecule has 5 nitrogen and oxygen atoms in total. The summed E-state index contributed by atoms with van der Waals surface area (Å²) in [7, 11) is 1.55. The summed E-state index contributed by atoms with van der Waals surface area (Å²) in [5.74, 6) is 1.00. The number of carbonyl (C=O) groups excluding carboxylic acids is 1. The molecule has 0 aromatic heterocycles. The number of amides is 1. The molecule has 20 heavy (non-hydrogen) atoms. The van der Waals surface area contributed by atoms with Gasteiger partial charge in [-0.2, -0.15) is 0 Å². The van der Waals surface area contributed by atoms with E-state index >= 15 is 0 Å². The van der Waals surface area contributed by atoms with E-state index in [1.807, 2.05) is 6.92 Å². The molecule has 0 atom stereocenters. The van der Waals surface area contributed by atoms with Crippen molar-refractivity contribution in [3.05, 3.63) is 22.2 Å². The molecule has 0 fully saturated rings. The van der Waals surface area contributed by atoms with Gasteiger partial charge in [0.15, 0.2) is 11.5 Å². The fraction of sp³-hybridized carbons (Fsp3) is 0.500. The van der Waals surface area contributed by atoms with Gasteiger partial charge in [-0.3, -0.25) is 4.79 Å². The first-order chi connectivity index (χ1) is 9.63. The third-order valence-corrected chi connectivity index (χ3v) is 3.20. The zero-order valence-electron chi connectivity index (χ0n) is 11.9. The van der Waals surface area contributed by atoms with Gasteiger partial charge in [-0.05, 0) is 47.4 Å². The lowest BCUT2D eigenvalue weighted by Gasteiger charge is -2.14. The number of nitrogens with one attached hydrogen (secondary N) is 1. The smallest absolute Gasteiger partial charge is 0.251 e. The minimum Gasteiger partial charge on any atom is -0.493 e. The van der Waals surface area contributed by atoms with E-state index in [-0.39, 0.29) is 5.91 Å². The second kappa shape index (κ2) is 8.81. The lowest BCUT2D eigenvalue weighted by molar-refractivity contribution is 0.0953. The van der Waals surface area contributed by atoms with Gasteiger partial charge in [0.2, 0.25) is 0 Å². The minimum atomic E-state index is -0.153. The van der Waals surface area contributed by atoms with Crippen molar-refractivity contribution in [2.45, 2.75) is 19.8 Å². The Morgan fingerprint density at radius 3 is 2.80 bits per heavy atom. The summed E-state index contributed by atoms with van der Waals surface area (Å²) in [5.41, 5.74) is 5.92. The maximum absolute atomic E-state index is 12.0. The van der Waals surface area contributed by atoms with Crippen molar-refractivity contribution >= 4 is 21.8 Å². The molecule has 0 bridgehead atoms.